The molecule has 0 fully saturated rings. The van der Waals surface area contributed by atoms with Gasteiger partial charge in [0.1, 0.15) is 0 Å². The highest BCUT2D eigenvalue weighted by atomic mass is 79.9. The Hall–Kier alpha value is -0.400. The molecule has 0 aliphatic heterocycles. The highest BCUT2D eigenvalue weighted by molar-refractivity contribution is 9.10. The van der Waals surface area contributed by atoms with E-state index in [2.05, 4.69) is 42.9 Å². The summed E-state index contributed by atoms with van der Waals surface area (Å²) in [6.45, 7) is 0. The van der Waals surface area contributed by atoms with E-state index < -0.39 is 0 Å². The molecule has 1 heterocycles. The number of pyridine rings is 1. The van der Waals surface area contributed by atoms with Crippen molar-refractivity contribution in [3.63, 3.8) is 0 Å². The first-order chi connectivity index (χ1) is 6.26. The Balaban J connectivity index is 2.69. The molecule has 68 valence electrons. The Labute approximate surface area is 94.2 Å². The summed E-state index contributed by atoms with van der Waals surface area (Å²) in [6, 6.07) is 4.22. The SMILES string of the molecule is N#CC(CBr)Cc1cncc(Br)c1. The van der Waals surface area contributed by atoms with Crippen LogP contribution in [0.2, 0.25) is 0 Å². The maximum Gasteiger partial charge on any atom is 0.0668 e. The first-order valence-electron chi connectivity index (χ1n) is 3.81. The topological polar surface area (TPSA) is 36.7 Å². The van der Waals surface area contributed by atoms with Crippen LogP contribution in [0.5, 0.6) is 0 Å². The third-order valence-corrected chi connectivity index (χ3v) is 2.83. The Morgan fingerprint density at radius 2 is 2.31 bits per heavy atom. The zero-order chi connectivity index (χ0) is 9.68. The van der Waals surface area contributed by atoms with Crippen LogP contribution in [0, 0.1) is 17.2 Å². The van der Waals surface area contributed by atoms with Crippen molar-refractivity contribution >= 4 is 31.9 Å². The van der Waals surface area contributed by atoms with Crippen molar-refractivity contribution in [3.8, 4) is 6.07 Å². The largest absolute Gasteiger partial charge is 0.263 e. The van der Waals surface area contributed by atoms with Crippen molar-refractivity contribution in [2.75, 3.05) is 5.33 Å². The quantitative estimate of drug-likeness (QED) is 0.805. The van der Waals surface area contributed by atoms with Gasteiger partial charge in [-0.2, -0.15) is 5.26 Å². The standard InChI is InChI=1S/C9H8Br2N2/c10-3-8(4-12)1-7-2-9(11)6-13-5-7/h2,5-6,8H,1,3H2. The van der Waals surface area contributed by atoms with Gasteiger partial charge in [0, 0.05) is 22.2 Å². The average Bonchev–Trinajstić information content (AvgIpc) is 2.14. The molecule has 2 nitrogen and oxygen atoms in total. The summed E-state index contributed by atoms with van der Waals surface area (Å²) in [7, 11) is 0. The van der Waals surface area contributed by atoms with Gasteiger partial charge in [-0.15, -0.1) is 0 Å². The minimum Gasteiger partial charge on any atom is -0.263 e. The lowest BCUT2D eigenvalue weighted by molar-refractivity contribution is 0.752. The van der Waals surface area contributed by atoms with E-state index in [0.717, 1.165) is 16.5 Å². The minimum absolute atomic E-state index is 0.0242. The van der Waals surface area contributed by atoms with Crippen LogP contribution in [0.15, 0.2) is 22.9 Å². The molecule has 1 atom stereocenters. The number of aromatic nitrogens is 1. The monoisotopic (exact) mass is 302 g/mol. The lowest BCUT2D eigenvalue weighted by Gasteiger charge is -2.04. The zero-order valence-electron chi connectivity index (χ0n) is 6.87. The van der Waals surface area contributed by atoms with Crippen molar-refractivity contribution < 1.29 is 0 Å². The summed E-state index contributed by atoms with van der Waals surface area (Å²) < 4.78 is 0.955. The maximum atomic E-state index is 8.74. The van der Waals surface area contributed by atoms with Gasteiger partial charge in [-0.3, -0.25) is 4.98 Å². The Morgan fingerprint density at radius 1 is 1.54 bits per heavy atom. The highest BCUT2D eigenvalue weighted by Crippen LogP contribution is 2.14. The predicted octanol–water partition coefficient (Wildman–Crippen LogP) is 2.92. The van der Waals surface area contributed by atoms with Crippen LogP contribution < -0.4 is 0 Å². The van der Waals surface area contributed by atoms with Gasteiger partial charge in [0.2, 0.25) is 0 Å². The third kappa shape index (κ3) is 3.45. The van der Waals surface area contributed by atoms with Crippen molar-refractivity contribution in [1.82, 2.24) is 4.98 Å². The van der Waals surface area contributed by atoms with Crippen LogP contribution in [-0.2, 0) is 6.42 Å². The van der Waals surface area contributed by atoms with Gasteiger partial charge in [0.15, 0.2) is 0 Å². The number of halogens is 2. The fourth-order valence-corrected chi connectivity index (χ4v) is 1.77. The Kier molecular flexibility index (Phi) is 4.40. The Morgan fingerprint density at radius 3 is 2.85 bits per heavy atom. The fourth-order valence-electron chi connectivity index (χ4n) is 0.987. The van der Waals surface area contributed by atoms with Crippen LogP contribution in [0.1, 0.15) is 5.56 Å². The van der Waals surface area contributed by atoms with Gasteiger partial charge in [0.25, 0.3) is 0 Å². The molecule has 1 unspecified atom stereocenters. The Bertz CT molecular complexity index is 320. The summed E-state index contributed by atoms with van der Waals surface area (Å²) in [5.74, 6) is 0.0242. The summed E-state index contributed by atoms with van der Waals surface area (Å²) >= 11 is 6.64. The first-order valence-corrected chi connectivity index (χ1v) is 5.72. The van der Waals surface area contributed by atoms with Gasteiger partial charge >= 0.3 is 0 Å². The van der Waals surface area contributed by atoms with E-state index in [0.29, 0.717) is 5.33 Å². The normalized spacial score (nSPS) is 12.1. The second kappa shape index (κ2) is 5.36. The molecule has 0 aliphatic carbocycles. The second-order valence-electron chi connectivity index (χ2n) is 2.70. The molecule has 0 bridgehead atoms. The van der Waals surface area contributed by atoms with Crippen LogP contribution in [0.4, 0.5) is 0 Å². The minimum atomic E-state index is 0.0242. The maximum absolute atomic E-state index is 8.74. The number of rotatable bonds is 3. The van der Waals surface area contributed by atoms with E-state index in [9.17, 15) is 0 Å². The second-order valence-corrected chi connectivity index (χ2v) is 4.26. The zero-order valence-corrected chi connectivity index (χ0v) is 10.0. The van der Waals surface area contributed by atoms with Crippen LogP contribution in [0.25, 0.3) is 0 Å². The molecule has 0 saturated carbocycles. The summed E-state index contributed by atoms with van der Waals surface area (Å²) in [6.07, 6.45) is 4.27. The van der Waals surface area contributed by atoms with Gasteiger partial charge in [-0.25, -0.2) is 0 Å². The smallest absolute Gasteiger partial charge is 0.0668 e. The molecular formula is C9H8Br2N2. The number of alkyl halides is 1. The van der Waals surface area contributed by atoms with E-state index in [1.165, 1.54) is 0 Å². The van der Waals surface area contributed by atoms with E-state index in [-0.39, 0.29) is 5.92 Å². The average molecular weight is 304 g/mol. The molecule has 13 heavy (non-hydrogen) atoms. The molecule has 0 N–H and O–H groups in total. The van der Waals surface area contributed by atoms with Gasteiger partial charge in [-0.05, 0) is 34.0 Å². The lowest BCUT2D eigenvalue weighted by atomic mass is 10.0. The van der Waals surface area contributed by atoms with Crippen molar-refractivity contribution in [2.45, 2.75) is 6.42 Å². The molecule has 4 heteroatoms. The summed E-state index contributed by atoms with van der Waals surface area (Å²) in [5, 5.41) is 9.45. The molecule has 0 aromatic carbocycles. The van der Waals surface area contributed by atoms with Crippen LogP contribution >= 0.6 is 31.9 Å². The first kappa shape index (κ1) is 10.7. The van der Waals surface area contributed by atoms with E-state index in [1.807, 2.05) is 6.07 Å². The van der Waals surface area contributed by atoms with E-state index in [1.54, 1.807) is 12.4 Å². The molecule has 1 rings (SSSR count). The number of hydrogen-bond acceptors (Lipinski definition) is 2. The summed E-state index contributed by atoms with van der Waals surface area (Å²) in [5.41, 5.74) is 1.08. The number of hydrogen-bond donors (Lipinski definition) is 0. The van der Waals surface area contributed by atoms with Crippen LogP contribution in [-0.4, -0.2) is 10.3 Å². The van der Waals surface area contributed by atoms with E-state index >= 15 is 0 Å². The molecular weight excluding hydrogens is 296 g/mol. The van der Waals surface area contributed by atoms with Gasteiger partial charge < -0.3 is 0 Å². The van der Waals surface area contributed by atoms with Gasteiger partial charge in [-0.1, -0.05) is 15.9 Å². The molecule has 1 aromatic rings. The van der Waals surface area contributed by atoms with E-state index in [4.69, 9.17) is 5.26 Å². The molecule has 1 aromatic heterocycles. The molecule has 0 saturated heterocycles. The summed E-state index contributed by atoms with van der Waals surface area (Å²) in [4.78, 5) is 4.03. The highest BCUT2D eigenvalue weighted by Gasteiger charge is 2.06. The molecule has 0 amide bonds. The van der Waals surface area contributed by atoms with Gasteiger partial charge in [0.05, 0.1) is 12.0 Å². The number of nitrogens with zero attached hydrogens (tertiary/aromatic N) is 2. The van der Waals surface area contributed by atoms with Crippen molar-refractivity contribution in [2.24, 2.45) is 5.92 Å². The molecule has 0 aliphatic rings. The van der Waals surface area contributed by atoms with Crippen molar-refractivity contribution in [1.29, 1.82) is 5.26 Å². The lowest BCUT2D eigenvalue weighted by Crippen LogP contribution is -2.03. The molecule has 0 radical (unpaired) electrons. The number of nitriles is 1. The molecule has 0 spiro atoms. The third-order valence-electron chi connectivity index (χ3n) is 1.61. The predicted molar refractivity (Wildman–Crippen MR) is 58.5 cm³/mol. The fraction of sp³-hybridized carbons (Fsp3) is 0.333. The van der Waals surface area contributed by atoms with Crippen molar-refractivity contribution in [3.05, 3.63) is 28.5 Å². The van der Waals surface area contributed by atoms with Crippen LogP contribution in [0.3, 0.4) is 0 Å².